The van der Waals surface area contributed by atoms with Crippen molar-refractivity contribution in [1.29, 1.82) is 0 Å². The molecule has 0 saturated carbocycles. The molecule has 1 aliphatic heterocycles. The van der Waals surface area contributed by atoms with Gasteiger partial charge in [0.2, 0.25) is 0 Å². The average molecular weight is 290 g/mol. The second-order valence-corrected chi connectivity index (χ2v) is 5.97. The molecule has 21 heavy (non-hydrogen) atoms. The van der Waals surface area contributed by atoms with E-state index in [9.17, 15) is 4.79 Å². The largest absolute Gasteiger partial charge is 0.465 e. The van der Waals surface area contributed by atoms with Crippen LogP contribution in [0.25, 0.3) is 0 Å². The zero-order valence-electron chi connectivity index (χ0n) is 13.3. The summed E-state index contributed by atoms with van der Waals surface area (Å²) in [4.78, 5) is 13.9. The van der Waals surface area contributed by atoms with Crippen molar-refractivity contribution in [2.75, 3.05) is 20.2 Å². The first kappa shape index (κ1) is 16.0. The van der Waals surface area contributed by atoms with Gasteiger partial charge in [0.1, 0.15) is 0 Å². The number of nitrogens with zero attached hydrogens (tertiary/aromatic N) is 1. The van der Waals surface area contributed by atoms with E-state index in [1.165, 1.54) is 38.6 Å². The summed E-state index contributed by atoms with van der Waals surface area (Å²) in [5.41, 5.74) is 1.81. The van der Waals surface area contributed by atoms with Crippen LogP contribution in [0.3, 0.4) is 0 Å². The van der Waals surface area contributed by atoms with Crippen LogP contribution >= 0.6 is 0 Å². The van der Waals surface area contributed by atoms with E-state index in [1.54, 1.807) is 0 Å². The SMILES string of the molecule is COC(=O)c1ccc(CNC2CCN(C(C)C)CC2)cc1. The minimum atomic E-state index is -0.282. The summed E-state index contributed by atoms with van der Waals surface area (Å²) in [6, 6.07) is 8.87. The molecule has 1 fully saturated rings. The lowest BCUT2D eigenvalue weighted by Gasteiger charge is -2.35. The molecule has 0 amide bonds. The molecule has 4 nitrogen and oxygen atoms in total. The molecular formula is C17H26N2O2. The maximum absolute atomic E-state index is 11.4. The predicted octanol–water partition coefficient (Wildman–Crippen LogP) is 2.44. The van der Waals surface area contributed by atoms with Crippen molar-refractivity contribution in [3.8, 4) is 0 Å². The Bertz CT molecular complexity index is 448. The first-order chi connectivity index (χ1) is 10.1. The molecule has 0 unspecified atom stereocenters. The van der Waals surface area contributed by atoms with Crippen molar-refractivity contribution >= 4 is 5.97 Å². The van der Waals surface area contributed by atoms with Crippen molar-refractivity contribution in [2.45, 2.75) is 45.3 Å². The van der Waals surface area contributed by atoms with Gasteiger partial charge in [-0.2, -0.15) is 0 Å². The third kappa shape index (κ3) is 4.55. The monoisotopic (exact) mass is 290 g/mol. The van der Waals surface area contributed by atoms with Crippen molar-refractivity contribution < 1.29 is 9.53 Å². The topological polar surface area (TPSA) is 41.6 Å². The van der Waals surface area contributed by atoms with Crippen LogP contribution in [0.5, 0.6) is 0 Å². The Morgan fingerprint density at radius 3 is 2.43 bits per heavy atom. The number of methoxy groups -OCH3 is 1. The molecule has 116 valence electrons. The van der Waals surface area contributed by atoms with Gasteiger partial charge in [0, 0.05) is 18.6 Å². The Hall–Kier alpha value is -1.39. The smallest absolute Gasteiger partial charge is 0.337 e. The third-order valence-electron chi connectivity index (χ3n) is 4.23. The van der Waals surface area contributed by atoms with E-state index in [0.29, 0.717) is 17.6 Å². The second-order valence-electron chi connectivity index (χ2n) is 5.97. The van der Waals surface area contributed by atoms with Crippen LogP contribution in [0, 0.1) is 0 Å². The van der Waals surface area contributed by atoms with Gasteiger partial charge in [0.15, 0.2) is 0 Å². The molecule has 4 heteroatoms. The number of rotatable bonds is 5. The Balaban J connectivity index is 1.77. The highest BCUT2D eigenvalue weighted by molar-refractivity contribution is 5.89. The predicted molar refractivity (Wildman–Crippen MR) is 84.4 cm³/mol. The summed E-state index contributed by atoms with van der Waals surface area (Å²) in [5, 5.41) is 3.62. The highest BCUT2D eigenvalue weighted by Gasteiger charge is 2.20. The Kier molecular flexibility index (Phi) is 5.76. The lowest BCUT2D eigenvalue weighted by Crippen LogP contribution is -2.44. The van der Waals surface area contributed by atoms with Crippen LogP contribution in [0.1, 0.15) is 42.6 Å². The summed E-state index contributed by atoms with van der Waals surface area (Å²) in [7, 11) is 1.40. The molecule has 0 bridgehead atoms. The fourth-order valence-corrected chi connectivity index (χ4v) is 2.76. The Morgan fingerprint density at radius 2 is 1.90 bits per heavy atom. The highest BCUT2D eigenvalue weighted by Crippen LogP contribution is 2.14. The quantitative estimate of drug-likeness (QED) is 0.846. The lowest BCUT2D eigenvalue weighted by molar-refractivity contribution is 0.0600. The van der Waals surface area contributed by atoms with Crippen LogP contribution < -0.4 is 5.32 Å². The molecule has 0 aliphatic carbocycles. The van der Waals surface area contributed by atoms with Crippen LogP contribution in [-0.4, -0.2) is 43.2 Å². The van der Waals surface area contributed by atoms with Gasteiger partial charge in [-0.3, -0.25) is 0 Å². The van der Waals surface area contributed by atoms with Crippen LogP contribution in [-0.2, 0) is 11.3 Å². The van der Waals surface area contributed by atoms with Gasteiger partial charge >= 0.3 is 5.97 Å². The van der Waals surface area contributed by atoms with Gasteiger partial charge in [-0.15, -0.1) is 0 Å². The van der Waals surface area contributed by atoms with E-state index < -0.39 is 0 Å². The maximum Gasteiger partial charge on any atom is 0.337 e. The summed E-state index contributed by atoms with van der Waals surface area (Å²) >= 11 is 0. The number of carbonyl (C=O) groups is 1. The number of hydrogen-bond acceptors (Lipinski definition) is 4. The summed E-state index contributed by atoms with van der Waals surface area (Å²) in [6.07, 6.45) is 2.41. The fourth-order valence-electron chi connectivity index (χ4n) is 2.76. The van der Waals surface area contributed by atoms with E-state index in [2.05, 4.69) is 24.1 Å². The molecule has 0 spiro atoms. The molecule has 0 radical (unpaired) electrons. The molecule has 1 heterocycles. The number of benzene rings is 1. The third-order valence-corrected chi connectivity index (χ3v) is 4.23. The maximum atomic E-state index is 11.4. The van der Waals surface area contributed by atoms with Gasteiger partial charge in [0.25, 0.3) is 0 Å². The summed E-state index contributed by atoms with van der Waals surface area (Å²) in [6.45, 7) is 7.73. The number of piperidine rings is 1. The summed E-state index contributed by atoms with van der Waals surface area (Å²) in [5.74, 6) is -0.282. The normalized spacial score (nSPS) is 17.1. The molecule has 1 aromatic rings. The first-order valence-electron chi connectivity index (χ1n) is 7.75. The number of hydrogen-bond donors (Lipinski definition) is 1. The van der Waals surface area contributed by atoms with Gasteiger partial charge < -0.3 is 15.0 Å². The lowest BCUT2D eigenvalue weighted by atomic mass is 10.0. The average Bonchev–Trinajstić information content (AvgIpc) is 2.53. The minimum Gasteiger partial charge on any atom is -0.465 e. The van der Waals surface area contributed by atoms with E-state index in [1.807, 2.05) is 24.3 Å². The number of nitrogens with one attached hydrogen (secondary N) is 1. The van der Waals surface area contributed by atoms with Gasteiger partial charge in [-0.25, -0.2) is 4.79 Å². The van der Waals surface area contributed by atoms with E-state index >= 15 is 0 Å². The van der Waals surface area contributed by atoms with E-state index in [4.69, 9.17) is 4.74 Å². The zero-order valence-corrected chi connectivity index (χ0v) is 13.3. The Morgan fingerprint density at radius 1 is 1.29 bits per heavy atom. The zero-order chi connectivity index (χ0) is 15.2. The molecule has 0 atom stereocenters. The van der Waals surface area contributed by atoms with Crippen molar-refractivity contribution in [3.05, 3.63) is 35.4 Å². The second kappa shape index (κ2) is 7.57. The van der Waals surface area contributed by atoms with E-state index in [0.717, 1.165) is 6.54 Å². The first-order valence-corrected chi connectivity index (χ1v) is 7.75. The van der Waals surface area contributed by atoms with E-state index in [-0.39, 0.29) is 5.97 Å². The minimum absolute atomic E-state index is 0.282. The highest BCUT2D eigenvalue weighted by atomic mass is 16.5. The van der Waals surface area contributed by atoms with Crippen molar-refractivity contribution in [1.82, 2.24) is 10.2 Å². The van der Waals surface area contributed by atoms with Gasteiger partial charge in [-0.05, 0) is 57.5 Å². The Labute approximate surface area is 127 Å². The number of likely N-dealkylation sites (tertiary alicyclic amines) is 1. The fraction of sp³-hybridized carbons (Fsp3) is 0.588. The molecule has 0 aromatic heterocycles. The van der Waals surface area contributed by atoms with Gasteiger partial charge in [-0.1, -0.05) is 12.1 Å². The molecule has 2 rings (SSSR count). The van der Waals surface area contributed by atoms with Crippen LogP contribution in [0.4, 0.5) is 0 Å². The summed E-state index contributed by atoms with van der Waals surface area (Å²) < 4.78 is 4.70. The molecule has 1 saturated heterocycles. The number of esters is 1. The van der Waals surface area contributed by atoms with Crippen molar-refractivity contribution in [2.24, 2.45) is 0 Å². The van der Waals surface area contributed by atoms with Crippen LogP contribution in [0.15, 0.2) is 24.3 Å². The molecular weight excluding hydrogens is 264 g/mol. The molecule has 1 aromatic carbocycles. The van der Waals surface area contributed by atoms with Crippen molar-refractivity contribution in [3.63, 3.8) is 0 Å². The van der Waals surface area contributed by atoms with Gasteiger partial charge in [0.05, 0.1) is 12.7 Å². The molecule has 1 aliphatic rings. The van der Waals surface area contributed by atoms with Crippen LogP contribution in [0.2, 0.25) is 0 Å². The molecule has 1 N–H and O–H groups in total. The number of carbonyl (C=O) groups excluding carboxylic acids is 1. The standard InChI is InChI=1S/C17H26N2O2/c1-13(2)19-10-8-16(9-11-19)18-12-14-4-6-15(7-5-14)17(20)21-3/h4-7,13,16,18H,8-12H2,1-3H3. The number of ether oxygens (including phenoxy) is 1.